The van der Waals surface area contributed by atoms with Gasteiger partial charge in [-0.25, -0.2) is 4.98 Å². The van der Waals surface area contributed by atoms with Crippen molar-refractivity contribution in [3.63, 3.8) is 0 Å². The number of aromatic nitrogens is 1. The first-order valence-electron chi connectivity index (χ1n) is 10.8. The van der Waals surface area contributed by atoms with E-state index in [0.717, 1.165) is 56.6 Å². The molecule has 2 fully saturated rings. The Bertz CT molecular complexity index is 1000. The Hall–Kier alpha value is -2.51. The van der Waals surface area contributed by atoms with Crippen LogP contribution in [0.2, 0.25) is 0 Å². The van der Waals surface area contributed by atoms with Crippen LogP contribution in [0.5, 0.6) is 11.6 Å². The number of hydrogen-bond acceptors (Lipinski definition) is 6. The number of nitrogens with one attached hydrogen (secondary N) is 2. The monoisotopic (exact) mass is 404 g/mol. The number of piperidine rings is 1. The Morgan fingerprint density at radius 1 is 1.07 bits per heavy atom. The Balaban J connectivity index is 1.26. The number of hydrogen-bond donors (Lipinski definition) is 3. The molecule has 0 radical (unpaired) electrons. The summed E-state index contributed by atoms with van der Waals surface area (Å²) in [5.74, 6) is 1.39. The lowest BCUT2D eigenvalue weighted by molar-refractivity contribution is 0.0668. The van der Waals surface area contributed by atoms with Gasteiger partial charge < -0.3 is 9.84 Å². The highest BCUT2D eigenvalue weighted by Gasteiger charge is 2.18. The first-order chi connectivity index (χ1) is 14.7. The van der Waals surface area contributed by atoms with Crippen molar-refractivity contribution in [1.82, 2.24) is 20.7 Å². The average molecular weight is 405 g/mol. The summed E-state index contributed by atoms with van der Waals surface area (Å²) in [6, 6.07) is 17.0. The summed E-state index contributed by atoms with van der Waals surface area (Å²) >= 11 is 0. The first kappa shape index (κ1) is 19.5. The predicted molar refractivity (Wildman–Crippen MR) is 117 cm³/mol. The number of pyridine rings is 1. The average Bonchev–Trinajstić information content (AvgIpc) is 3.29. The molecule has 0 saturated carbocycles. The van der Waals surface area contributed by atoms with Crippen LogP contribution in [0.15, 0.2) is 54.7 Å². The summed E-state index contributed by atoms with van der Waals surface area (Å²) in [4.78, 5) is 6.80. The van der Waals surface area contributed by atoms with Gasteiger partial charge in [0.25, 0.3) is 0 Å². The summed E-state index contributed by atoms with van der Waals surface area (Å²) in [5, 5.41) is 12.2. The molecule has 2 atom stereocenters. The van der Waals surface area contributed by atoms with Gasteiger partial charge in [-0.15, -0.1) is 0 Å². The number of likely N-dealkylation sites (tertiary alicyclic amines) is 1. The van der Waals surface area contributed by atoms with Gasteiger partial charge in [-0.2, -0.15) is 0 Å². The fraction of sp³-hybridized carbons (Fsp3) is 0.375. The zero-order valence-corrected chi connectivity index (χ0v) is 17.1. The fourth-order valence-electron chi connectivity index (χ4n) is 4.38. The third-order valence-electron chi connectivity index (χ3n) is 5.98. The molecule has 1 unspecified atom stereocenters. The Labute approximate surface area is 176 Å². The maximum Gasteiger partial charge on any atom is 0.219 e. The van der Waals surface area contributed by atoms with E-state index in [-0.39, 0.29) is 6.10 Å². The highest BCUT2D eigenvalue weighted by molar-refractivity contribution is 5.84. The maximum absolute atomic E-state index is 9.88. The van der Waals surface area contributed by atoms with Crippen molar-refractivity contribution in [2.75, 3.05) is 19.6 Å². The van der Waals surface area contributed by atoms with E-state index in [4.69, 9.17) is 4.74 Å². The molecule has 6 nitrogen and oxygen atoms in total. The predicted octanol–water partition coefficient (Wildman–Crippen LogP) is 3.52. The molecule has 30 heavy (non-hydrogen) atoms. The normalized spacial score (nSPS) is 22.4. The van der Waals surface area contributed by atoms with Crippen LogP contribution in [0.3, 0.4) is 0 Å². The highest BCUT2D eigenvalue weighted by Crippen LogP contribution is 2.27. The molecule has 6 heteroatoms. The van der Waals surface area contributed by atoms with Crippen molar-refractivity contribution >= 4 is 10.8 Å². The minimum absolute atomic E-state index is 0.187. The van der Waals surface area contributed by atoms with Gasteiger partial charge in [0.05, 0.1) is 6.10 Å². The van der Waals surface area contributed by atoms with Crippen LogP contribution in [0.4, 0.5) is 0 Å². The van der Waals surface area contributed by atoms with E-state index >= 15 is 0 Å². The topological polar surface area (TPSA) is 69.7 Å². The number of benzene rings is 2. The van der Waals surface area contributed by atoms with Crippen molar-refractivity contribution in [2.24, 2.45) is 0 Å². The van der Waals surface area contributed by atoms with E-state index in [9.17, 15) is 5.11 Å². The van der Waals surface area contributed by atoms with Crippen LogP contribution in [0, 0.1) is 0 Å². The number of aliphatic hydroxyl groups excluding tert-OH is 1. The molecule has 0 amide bonds. The summed E-state index contributed by atoms with van der Waals surface area (Å²) in [5.41, 5.74) is 8.84. The van der Waals surface area contributed by atoms with Crippen LogP contribution in [-0.2, 0) is 6.54 Å². The van der Waals surface area contributed by atoms with Gasteiger partial charge in [0.2, 0.25) is 5.88 Å². The van der Waals surface area contributed by atoms with Crippen molar-refractivity contribution in [1.29, 1.82) is 0 Å². The van der Waals surface area contributed by atoms with E-state index in [2.05, 4.69) is 57.1 Å². The Morgan fingerprint density at radius 2 is 1.97 bits per heavy atom. The summed E-state index contributed by atoms with van der Waals surface area (Å²) in [6.07, 6.45) is 4.74. The van der Waals surface area contributed by atoms with Gasteiger partial charge in [0.15, 0.2) is 0 Å². The van der Waals surface area contributed by atoms with Crippen molar-refractivity contribution < 1.29 is 9.84 Å². The Morgan fingerprint density at radius 3 is 2.77 bits per heavy atom. The molecule has 3 N–H and O–H groups in total. The summed E-state index contributed by atoms with van der Waals surface area (Å²) < 4.78 is 5.98. The highest BCUT2D eigenvalue weighted by atomic mass is 16.5. The van der Waals surface area contributed by atoms with Gasteiger partial charge in [-0.05, 0) is 65.9 Å². The zero-order chi connectivity index (χ0) is 20.3. The number of ether oxygens (including phenoxy) is 1. The summed E-state index contributed by atoms with van der Waals surface area (Å²) in [7, 11) is 0. The van der Waals surface area contributed by atoms with Gasteiger partial charge in [-0.3, -0.25) is 15.8 Å². The molecular weight excluding hydrogens is 376 g/mol. The van der Waals surface area contributed by atoms with Crippen LogP contribution in [0.25, 0.3) is 10.8 Å². The van der Waals surface area contributed by atoms with E-state index < -0.39 is 0 Å². The fourth-order valence-corrected chi connectivity index (χ4v) is 4.38. The molecule has 0 spiro atoms. The second-order valence-corrected chi connectivity index (χ2v) is 8.32. The smallest absolute Gasteiger partial charge is 0.219 e. The van der Waals surface area contributed by atoms with Crippen molar-refractivity contribution in [3.8, 4) is 11.6 Å². The third kappa shape index (κ3) is 4.47. The van der Waals surface area contributed by atoms with Crippen molar-refractivity contribution in [3.05, 3.63) is 65.9 Å². The lowest BCUT2D eigenvalue weighted by Gasteiger charge is -2.30. The molecule has 0 aliphatic carbocycles. The third-order valence-corrected chi connectivity index (χ3v) is 5.98. The lowest BCUT2D eigenvalue weighted by atomic mass is 10.0. The number of aliphatic hydroxyl groups is 1. The molecular formula is C24H28N4O2. The van der Waals surface area contributed by atoms with Gasteiger partial charge in [0.1, 0.15) is 5.75 Å². The van der Waals surface area contributed by atoms with E-state index in [1.54, 1.807) is 0 Å². The molecule has 2 aliphatic rings. The Kier molecular flexibility index (Phi) is 5.64. The minimum Gasteiger partial charge on any atom is -0.439 e. The van der Waals surface area contributed by atoms with Crippen LogP contribution >= 0.6 is 0 Å². The summed E-state index contributed by atoms with van der Waals surface area (Å²) in [6.45, 7) is 3.68. The van der Waals surface area contributed by atoms with Gasteiger partial charge >= 0.3 is 0 Å². The number of fused-ring (bicyclic) bond motifs is 1. The molecule has 5 rings (SSSR count). The van der Waals surface area contributed by atoms with Crippen molar-refractivity contribution in [2.45, 2.75) is 38.0 Å². The molecule has 156 valence electrons. The molecule has 2 saturated heterocycles. The van der Waals surface area contributed by atoms with Gasteiger partial charge in [-0.1, -0.05) is 24.3 Å². The first-order valence-corrected chi connectivity index (χ1v) is 10.8. The quantitative estimate of drug-likeness (QED) is 0.605. The number of β-amino-alcohol motifs (C(OH)–C–C–N with tert-alkyl or cyclic N) is 1. The molecule has 3 aromatic rings. The largest absolute Gasteiger partial charge is 0.439 e. The number of hydrazine groups is 1. The van der Waals surface area contributed by atoms with E-state index in [1.165, 1.54) is 16.5 Å². The number of nitrogens with zero attached hydrogens (tertiary/aromatic N) is 2. The van der Waals surface area contributed by atoms with Crippen LogP contribution in [0.1, 0.15) is 36.4 Å². The second-order valence-electron chi connectivity index (χ2n) is 8.32. The molecule has 3 heterocycles. The zero-order valence-electron chi connectivity index (χ0n) is 17.1. The van der Waals surface area contributed by atoms with E-state index in [0.29, 0.717) is 11.9 Å². The standard InChI is InChI=1S/C24H28N4O2/c29-21-2-1-11-28(16-21)15-17-3-4-19-13-22(7-5-18(19)12-17)30-24-8-6-20(14-25-24)23-9-10-26-27-23/h3-8,12-14,21,23,26-27,29H,1-2,9-11,15-16H2/t21-,23?/m1/s1. The SMILES string of the molecule is O[C@@H]1CCCN(Cc2ccc3cc(Oc4ccc(C5CCNN5)cn4)ccc3c2)C1. The molecule has 2 aromatic carbocycles. The molecule has 1 aromatic heterocycles. The van der Waals surface area contributed by atoms with Gasteiger partial charge in [0, 0.05) is 37.9 Å². The number of rotatable bonds is 5. The minimum atomic E-state index is -0.187. The molecule has 0 bridgehead atoms. The van der Waals surface area contributed by atoms with Crippen LogP contribution < -0.4 is 15.6 Å². The van der Waals surface area contributed by atoms with E-state index in [1.807, 2.05) is 18.3 Å². The molecule has 2 aliphatic heterocycles. The lowest BCUT2D eigenvalue weighted by Crippen LogP contribution is -2.37. The second kappa shape index (κ2) is 8.70. The van der Waals surface area contributed by atoms with Crippen LogP contribution in [-0.4, -0.2) is 40.7 Å². The maximum atomic E-state index is 9.88.